The molecule has 0 rings (SSSR count). The van der Waals surface area contributed by atoms with E-state index in [0.717, 1.165) is 38.5 Å². The molecule has 8 atom stereocenters. The van der Waals surface area contributed by atoms with Crippen LogP contribution in [0.4, 0.5) is 0 Å². The van der Waals surface area contributed by atoms with Gasteiger partial charge in [-0.15, -0.1) is 0 Å². The summed E-state index contributed by atoms with van der Waals surface area (Å²) in [7, 11) is 0. The van der Waals surface area contributed by atoms with Gasteiger partial charge in [0, 0.05) is 6.42 Å². The first-order valence-corrected chi connectivity index (χ1v) is 13.7. The minimum absolute atomic E-state index is 0.0598. The molecule has 8 N–H and O–H groups in total. The molecule has 226 valence electrons. The first kappa shape index (κ1) is 36.6. The van der Waals surface area contributed by atoms with E-state index in [2.05, 4.69) is 0 Å². The molecule has 12 heteroatoms. The number of aliphatic hydroxyl groups is 8. The van der Waals surface area contributed by atoms with Crippen molar-refractivity contribution in [1.82, 2.24) is 0 Å². The van der Waals surface area contributed by atoms with Crippen LogP contribution in [0.5, 0.6) is 0 Å². The summed E-state index contributed by atoms with van der Waals surface area (Å²) in [6.07, 6.45) is -5.37. The molecule has 0 spiro atoms. The van der Waals surface area contributed by atoms with Gasteiger partial charge in [0.15, 0.2) is 0 Å². The van der Waals surface area contributed by atoms with Crippen LogP contribution in [0.25, 0.3) is 0 Å². The predicted octanol–water partition coefficient (Wildman–Crippen LogP) is -0.319. The predicted molar refractivity (Wildman–Crippen MR) is 137 cm³/mol. The molecule has 38 heavy (non-hydrogen) atoms. The summed E-state index contributed by atoms with van der Waals surface area (Å²) in [5, 5.41) is 77.8. The van der Waals surface area contributed by atoms with Gasteiger partial charge in [0.1, 0.15) is 37.1 Å². The summed E-state index contributed by atoms with van der Waals surface area (Å²) in [4.78, 5) is 24.4. The van der Waals surface area contributed by atoms with E-state index in [0.29, 0.717) is 12.8 Å². The van der Waals surface area contributed by atoms with E-state index in [1.807, 2.05) is 13.8 Å². The van der Waals surface area contributed by atoms with Crippen molar-refractivity contribution in [3.05, 3.63) is 0 Å². The van der Waals surface area contributed by atoms with Crippen LogP contribution in [-0.2, 0) is 19.1 Å². The van der Waals surface area contributed by atoms with Crippen molar-refractivity contribution in [2.45, 2.75) is 140 Å². The fourth-order valence-corrected chi connectivity index (χ4v) is 3.90. The molecule has 0 aromatic rings. The van der Waals surface area contributed by atoms with Crippen LogP contribution >= 0.6 is 0 Å². The Hall–Kier alpha value is -1.38. The summed E-state index contributed by atoms with van der Waals surface area (Å²) >= 11 is 0. The normalized spacial score (nSPS) is 18.1. The summed E-state index contributed by atoms with van der Waals surface area (Å²) < 4.78 is 10.3. The molecular weight excluding hydrogens is 504 g/mol. The van der Waals surface area contributed by atoms with Crippen LogP contribution < -0.4 is 0 Å². The number of aliphatic hydroxyl groups excluding tert-OH is 8. The maximum Gasteiger partial charge on any atom is 0.308 e. The standard InChI is InChI=1S/C26H50O12/c1-3-5-7-9-17(28)11-18(29)14-24(34)38-20(10-8-6-4-2)12-19(30)13-23(33)37-16-22(32)26(36)25(35)21(31)15-27/h17-22,25-32,35-36H,3-16H2,1-2H3/t17-,18-,19-,20-,21+,22-,25+,26-/m0/s1. The minimum atomic E-state index is -1.88. The van der Waals surface area contributed by atoms with Crippen LogP contribution in [0.1, 0.15) is 90.9 Å². The third-order valence-electron chi connectivity index (χ3n) is 6.19. The van der Waals surface area contributed by atoms with Crippen molar-refractivity contribution >= 4 is 11.9 Å². The van der Waals surface area contributed by atoms with Crippen molar-refractivity contribution in [3.8, 4) is 0 Å². The Kier molecular flexibility index (Phi) is 20.7. The summed E-state index contributed by atoms with van der Waals surface area (Å²) in [5.74, 6) is -1.58. The third-order valence-corrected chi connectivity index (χ3v) is 6.19. The van der Waals surface area contributed by atoms with Crippen LogP contribution in [0.2, 0.25) is 0 Å². The number of ether oxygens (including phenoxy) is 2. The lowest BCUT2D eigenvalue weighted by Crippen LogP contribution is -2.47. The quantitative estimate of drug-likeness (QED) is 0.0603. The van der Waals surface area contributed by atoms with Gasteiger partial charge in [0.25, 0.3) is 0 Å². The van der Waals surface area contributed by atoms with E-state index in [4.69, 9.17) is 14.6 Å². The van der Waals surface area contributed by atoms with Gasteiger partial charge < -0.3 is 50.3 Å². The zero-order chi connectivity index (χ0) is 29.1. The maximum atomic E-state index is 12.4. The number of carbonyl (C=O) groups is 2. The summed E-state index contributed by atoms with van der Waals surface area (Å²) in [5.41, 5.74) is 0. The first-order chi connectivity index (χ1) is 17.9. The van der Waals surface area contributed by atoms with Gasteiger partial charge in [-0.1, -0.05) is 46.0 Å². The van der Waals surface area contributed by atoms with Gasteiger partial charge in [0.05, 0.1) is 37.8 Å². The van der Waals surface area contributed by atoms with Gasteiger partial charge in [-0.25, -0.2) is 0 Å². The van der Waals surface area contributed by atoms with Gasteiger partial charge in [-0.3, -0.25) is 9.59 Å². The molecule has 0 saturated heterocycles. The van der Waals surface area contributed by atoms with Crippen molar-refractivity contribution in [1.29, 1.82) is 0 Å². The molecule has 0 saturated carbocycles. The largest absolute Gasteiger partial charge is 0.463 e. The highest BCUT2D eigenvalue weighted by molar-refractivity contribution is 5.70. The Morgan fingerprint density at radius 1 is 0.658 bits per heavy atom. The molecule has 0 bridgehead atoms. The number of unbranched alkanes of at least 4 members (excludes halogenated alkanes) is 4. The van der Waals surface area contributed by atoms with E-state index in [1.54, 1.807) is 0 Å². The van der Waals surface area contributed by atoms with E-state index < -0.39 is 80.4 Å². The molecule has 0 aromatic carbocycles. The summed E-state index contributed by atoms with van der Waals surface area (Å²) in [6.45, 7) is 2.48. The molecule has 0 amide bonds. The minimum Gasteiger partial charge on any atom is -0.463 e. The highest BCUT2D eigenvalue weighted by atomic mass is 16.6. The Morgan fingerprint density at radius 2 is 1.18 bits per heavy atom. The Bertz CT molecular complexity index is 619. The fraction of sp³-hybridized carbons (Fsp3) is 0.923. The average Bonchev–Trinajstić information content (AvgIpc) is 2.85. The summed E-state index contributed by atoms with van der Waals surface area (Å²) in [6, 6.07) is 0. The molecule has 0 radical (unpaired) electrons. The number of hydrogen-bond acceptors (Lipinski definition) is 12. The first-order valence-electron chi connectivity index (χ1n) is 13.7. The van der Waals surface area contributed by atoms with E-state index in [1.165, 1.54) is 0 Å². The number of carbonyl (C=O) groups excluding carboxylic acids is 2. The van der Waals surface area contributed by atoms with Gasteiger partial charge >= 0.3 is 11.9 Å². The van der Waals surface area contributed by atoms with Gasteiger partial charge in [-0.05, 0) is 25.7 Å². The molecule has 0 aliphatic heterocycles. The monoisotopic (exact) mass is 554 g/mol. The average molecular weight is 555 g/mol. The van der Waals surface area contributed by atoms with E-state index in [9.17, 15) is 45.3 Å². The highest BCUT2D eigenvalue weighted by Gasteiger charge is 2.31. The van der Waals surface area contributed by atoms with Crippen LogP contribution in [0, 0.1) is 0 Å². The van der Waals surface area contributed by atoms with E-state index in [-0.39, 0.29) is 19.3 Å². The van der Waals surface area contributed by atoms with Crippen molar-refractivity contribution in [2.75, 3.05) is 13.2 Å². The van der Waals surface area contributed by atoms with Gasteiger partial charge in [0.2, 0.25) is 0 Å². The number of esters is 2. The molecule has 12 nitrogen and oxygen atoms in total. The Morgan fingerprint density at radius 3 is 1.76 bits per heavy atom. The maximum absolute atomic E-state index is 12.4. The van der Waals surface area contributed by atoms with Crippen LogP contribution in [-0.4, -0.2) is 115 Å². The molecule has 0 heterocycles. The molecule has 0 aromatic heterocycles. The van der Waals surface area contributed by atoms with Crippen LogP contribution in [0.3, 0.4) is 0 Å². The zero-order valence-corrected chi connectivity index (χ0v) is 22.7. The number of rotatable bonds is 23. The lowest BCUT2D eigenvalue weighted by Gasteiger charge is -2.25. The second kappa shape index (κ2) is 21.4. The zero-order valence-electron chi connectivity index (χ0n) is 22.7. The van der Waals surface area contributed by atoms with Crippen molar-refractivity contribution in [3.63, 3.8) is 0 Å². The second-order valence-electron chi connectivity index (χ2n) is 9.93. The molecule has 0 aliphatic rings. The highest BCUT2D eigenvalue weighted by Crippen LogP contribution is 2.17. The topological polar surface area (TPSA) is 214 Å². The van der Waals surface area contributed by atoms with Crippen molar-refractivity contribution < 1.29 is 59.9 Å². The molecule has 0 aliphatic carbocycles. The number of hydrogen-bond donors (Lipinski definition) is 8. The lowest BCUT2D eigenvalue weighted by atomic mass is 10.0. The lowest BCUT2D eigenvalue weighted by molar-refractivity contribution is -0.159. The molecule has 0 fully saturated rings. The fourth-order valence-electron chi connectivity index (χ4n) is 3.90. The SMILES string of the molecule is CCCCC[C@H](O)C[C@H](O)CC(=O)O[C@@H](CCCCC)C[C@H](O)CC(=O)OC[C@H](O)[C@H](O)[C@H](O)[C@H](O)CO. The van der Waals surface area contributed by atoms with Crippen LogP contribution in [0.15, 0.2) is 0 Å². The Balaban J connectivity index is 4.69. The van der Waals surface area contributed by atoms with Gasteiger partial charge in [-0.2, -0.15) is 0 Å². The Labute approximate surface area is 225 Å². The second-order valence-corrected chi connectivity index (χ2v) is 9.93. The smallest absolute Gasteiger partial charge is 0.308 e. The third kappa shape index (κ3) is 17.3. The molecular formula is C26H50O12. The molecule has 0 unspecified atom stereocenters. The van der Waals surface area contributed by atoms with E-state index >= 15 is 0 Å². The van der Waals surface area contributed by atoms with Crippen molar-refractivity contribution in [2.24, 2.45) is 0 Å².